The SMILES string of the molecule is Cn1ccc(C(=O)N2CC[C@@]3(CO)CN(c4ccc(C#N)c(C(F)(F)F)c4)C[C@H]3C2)n1. The van der Waals surface area contributed by atoms with Gasteiger partial charge in [0, 0.05) is 56.4 Å². The van der Waals surface area contributed by atoms with E-state index < -0.39 is 22.7 Å². The number of carbonyl (C=O) groups is 1. The molecule has 31 heavy (non-hydrogen) atoms. The predicted octanol–water partition coefficient (Wildman–Crippen LogP) is 2.27. The van der Waals surface area contributed by atoms with E-state index in [0.29, 0.717) is 44.0 Å². The van der Waals surface area contributed by atoms with Crippen molar-refractivity contribution < 1.29 is 23.1 Å². The van der Waals surface area contributed by atoms with E-state index in [9.17, 15) is 23.1 Å². The second kappa shape index (κ2) is 7.57. The molecule has 0 aliphatic carbocycles. The van der Waals surface area contributed by atoms with Gasteiger partial charge in [-0.3, -0.25) is 9.48 Å². The number of nitriles is 1. The van der Waals surface area contributed by atoms with Crippen molar-refractivity contribution >= 4 is 11.6 Å². The number of aliphatic hydroxyl groups is 1. The summed E-state index contributed by atoms with van der Waals surface area (Å²) in [5, 5.41) is 23.3. The lowest BCUT2D eigenvalue weighted by Crippen LogP contribution is -2.50. The molecular weight excluding hydrogens is 411 g/mol. The predicted molar refractivity (Wildman–Crippen MR) is 105 cm³/mol. The Hall–Kier alpha value is -3.06. The highest BCUT2D eigenvalue weighted by molar-refractivity contribution is 5.92. The smallest absolute Gasteiger partial charge is 0.396 e. The number of hydrogen-bond acceptors (Lipinski definition) is 5. The molecule has 7 nitrogen and oxygen atoms in total. The van der Waals surface area contributed by atoms with E-state index in [4.69, 9.17) is 5.26 Å². The minimum absolute atomic E-state index is 0.0936. The topological polar surface area (TPSA) is 85.4 Å². The van der Waals surface area contributed by atoms with Gasteiger partial charge in [0.25, 0.3) is 5.91 Å². The van der Waals surface area contributed by atoms with Crippen molar-refractivity contribution in [3.05, 3.63) is 47.3 Å². The summed E-state index contributed by atoms with van der Waals surface area (Å²) >= 11 is 0. The molecule has 4 rings (SSSR count). The number of aliphatic hydroxyl groups excluding tert-OH is 1. The van der Waals surface area contributed by atoms with Gasteiger partial charge in [-0.15, -0.1) is 0 Å². The molecule has 164 valence electrons. The summed E-state index contributed by atoms with van der Waals surface area (Å²) in [6.07, 6.45) is -2.39. The molecule has 10 heteroatoms. The number of likely N-dealkylation sites (tertiary alicyclic amines) is 1. The van der Waals surface area contributed by atoms with Gasteiger partial charge in [0.1, 0.15) is 5.69 Å². The summed E-state index contributed by atoms with van der Waals surface area (Å²) < 4.78 is 41.7. The molecule has 2 atom stereocenters. The summed E-state index contributed by atoms with van der Waals surface area (Å²) in [6, 6.07) is 6.93. The zero-order valence-corrected chi connectivity index (χ0v) is 16.9. The van der Waals surface area contributed by atoms with Crippen molar-refractivity contribution in [3.8, 4) is 6.07 Å². The number of nitrogens with zero attached hydrogens (tertiary/aromatic N) is 5. The molecule has 0 spiro atoms. The molecular formula is C21H22F3N5O2. The van der Waals surface area contributed by atoms with Crippen LogP contribution in [0.2, 0.25) is 0 Å². The molecule has 1 N–H and O–H groups in total. The molecule has 1 aromatic heterocycles. The number of halogens is 3. The molecule has 0 radical (unpaired) electrons. The minimum atomic E-state index is -4.63. The lowest BCUT2D eigenvalue weighted by atomic mass is 9.73. The van der Waals surface area contributed by atoms with Crippen molar-refractivity contribution in [2.24, 2.45) is 18.4 Å². The molecule has 2 saturated heterocycles. The molecule has 1 aromatic carbocycles. The number of carbonyl (C=O) groups excluding carboxylic acids is 1. The fraction of sp³-hybridized carbons (Fsp3) is 0.476. The van der Waals surface area contributed by atoms with Gasteiger partial charge in [-0.05, 0) is 30.7 Å². The van der Waals surface area contributed by atoms with Crippen molar-refractivity contribution in [3.63, 3.8) is 0 Å². The lowest BCUT2D eigenvalue weighted by Gasteiger charge is -2.42. The van der Waals surface area contributed by atoms with Crippen molar-refractivity contribution in [1.82, 2.24) is 14.7 Å². The van der Waals surface area contributed by atoms with Gasteiger partial charge >= 0.3 is 6.18 Å². The van der Waals surface area contributed by atoms with Crippen LogP contribution in [0.3, 0.4) is 0 Å². The average molecular weight is 433 g/mol. The summed E-state index contributed by atoms with van der Waals surface area (Å²) in [4.78, 5) is 16.3. The van der Waals surface area contributed by atoms with Crippen LogP contribution < -0.4 is 4.90 Å². The zero-order valence-electron chi connectivity index (χ0n) is 16.9. The number of fused-ring (bicyclic) bond motifs is 1. The monoisotopic (exact) mass is 433 g/mol. The number of amides is 1. The van der Waals surface area contributed by atoms with E-state index in [1.165, 1.54) is 12.1 Å². The van der Waals surface area contributed by atoms with E-state index in [2.05, 4.69) is 5.10 Å². The first kappa shape index (κ1) is 21.2. The van der Waals surface area contributed by atoms with E-state index in [1.54, 1.807) is 35.0 Å². The number of anilines is 1. The van der Waals surface area contributed by atoms with Crippen LogP contribution in [-0.2, 0) is 13.2 Å². The number of benzene rings is 1. The third kappa shape index (κ3) is 3.74. The summed E-state index contributed by atoms with van der Waals surface area (Å²) in [6.45, 7) is 1.54. The van der Waals surface area contributed by atoms with Gasteiger partial charge in [-0.25, -0.2) is 0 Å². The van der Waals surface area contributed by atoms with Gasteiger partial charge in [-0.1, -0.05) is 0 Å². The van der Waals surface area contributed by atoms with Crippen LogP contribution in [0.1, 0.15) is 28.0 Å². The molecule has 2 aromatic rings. The van der Waals surface area contributed by atoms with Crippen molar-refractivity contribution in [2.75, 3.05) is 37.7 Å². The van der Waals surface area contributed by atoms with Gasteiger partial charge in [0.05, 0.1) is 23.8 Å². The highest BCUT2D eigenvalue weighted by Gasteiger charge is 2.50. The van der Waals surface area contributed by atoms with Crippen LogP contribution in [0.5, 0.6) is 0 Å². The molecule has 0 bridgehead atoms. The number of rotatable bonds is 3. The number of aromatic nitrogens is 2. The Morgan fingerprint density at radius 2 is 2.13 bits per heavy atom. The maximum atomic E-state index is 13.4. The number of alkyl halides is 3. The number of hydrogen-bond donors (Lipinski definition) is 1. The Bertz CT molecular complexity index is 1040. The molecule has 2 aliphatic heterocycles. The quantitative estimate of drug-likeness (QED) is 0.803. The molecule has 2 aliphatic rings. The first-order chi connectivity index (χ1) is 14.7. The largest absolute Gasteiger partial charge is 0.417 e. The fourth-order valence-electron chi connectivity index (χ4n) is 4.67. The van der Waals surface area contributed by atoms with Gasteiger partial charge < -0.3 is 14.9 Å². The molecule has 2 fully saturated rings. The van der Waals surface area contributed by atoms with Crippen LogP contribution in [0, 0.1) is 22.7 Å². The first-order valence-corrected chi connectivity index (χ1v) is 9.93. The van der Waals surface area contributed by atoms with E-state index in [0.717, 1.165) is 6.07 Å². The van der Waals surface area contributed by atoms with Crippen LogP contribution >= 0.6 is 0 Å². The Kier molecular flexibility index (Phi) is 5.17. The molecule has 1 amide bonds. The van der Waals surface area contributed by atoms with Crippen molar-refractivity contribution in [1.29, 1.82) is 5.26 Å². The standard InChI is InChI=1S/C21H22F3N5O2/c1-27-6-4-18(26-27)19(31)28-7-5-20(13-30)12-29(11-15(20)10-28)16-3-2-14(9-25)17(8-16)21(22,23)24/h2-4,6,8,15,30H,5,7,10-13H2,1H3/t15-,20+/m1/s1. The Balaban J connectivity index is 1.57. The average Bonchev–Trinajstić information content (AvgIpc) is 3.35. The highest BCUT2D eigenvalue weighted by atomic mass is 19.4. The van der Waals surface area contributed by atoms with Gasteiger partial charge in [0.15, 0.2) is 0 Å². The second-order valence-electron chi connectivity index (χ2n) is 8.31. The minimum Gasteiger partial charge on any atom is -0.396 e. The van der Waals surface area contributed by atoms with Crippen LogP contribution in [0.4, 0.5) is 18.9 Å². The van der Waals surface area contributed by atoms with E-state index >= 15 is 0 Å². The normalized spacial score (nSPS) is 23.5. The molecule has 3 heterocycles. The highest BCUT2D eigenvalue weighted by Crippen LogP contribution is 2.45. The Labute approximate surface area is 177 Å². The maximum Gasteiger partial charge on any atom is 0.417 e. The summed E-state index contributed by atoms with van der Waals surface area (Å²) in [5.74, 6) is -0.285. The van der Waals surface area contributed by atoms with Crippen molar-refractivity contribution in [2.45, 2.75) is 12.6 Å². The third-order valence-corrected chi connectivity index (χ3v) is 6.46. The third-order valence-electron chi connectivity index (χ3n) is 6.46. The van der Waals surface area contributed by atoms with Crippen LogP contribution in [0.15, 0.2) is 30.5 Å². The van der Waals surface area contributed by atoms with Gasteiger partial charge in [0.2, 0.25) is 0 Å². The number of aryl methyl sites for hydroxylation is 1. The summed E-state index contributed by atoms with van der Waals surface area (Å²) in [5.41, 5.74) is -1.18. The van der Waals surface area contributed by atoms with E-state index in [-0.39, 0.29) is 18.4 Å². The van der Waals surface area contributed by atoms with E-state index in [1.807, 2.05) is 4.90 Å². The maximum absolute atomic E-state index is 13.4. The van der Waals surface area contributed by atoms with Crippen LogP contribution in [-0.4, -0.2) is 58.5 Å². The van der Waals surface area contributed by atoms with Crippen LogP contribution in [0.25, 0.3) is 0 Å². The second-order valence-corrected chi connectivity index (χ2v) is 8.31. The summed E-state index contributed by atoms with van der Waals surface area (Å²) in [7, 11) is 1.73. The van der Waals surface area contributed by atoms with Gasteiger partial charge in [-0.2, -0.15) is 23.5 Å². The number of piperidine rings is 1. The lowest BCUT2D eigenvalue weighted by molar-refractivity contribution is -0.137. The Morgan fingerprint density at radius 3 is 2.74 bits per heavy atom. The first-order valence-electron chi connectivity index (χ1n) is 9.93. The molecule has 0 unspecified atom stereocenters. The molecule has 0 saturated carbocycles. The fourth-order valence-corrected chi connectivity index (χ4v) is 4.67. The zero-order chi connectivity index (χ0) is 22.4. The Morgan fingerprint density at radius 1 is 1.35 bits per heavy atom.